The molecule has 1 N–H and O–H groups in total. The van der Waals surface area contributed by atoms with Gasteiger partial charge < -0.3 is 4.55 Å². The molecule has 2 aromatic rings. The van der Waals surface area contributed by atoms with Crippen molar-refractivity contribution in [3.63, 3.8) is 0 Å². The van der Waals surface area contributed by atoms with Crippen LogP contribution < -0.4 is 4.72 Å². The van der Waals surface area contributed by atoms with Gasteiger partial charge in [0.25, 0.3) is 0 Å². The molecule has 0 unspecified atom stereocenters. The molecular formula is C13H19N3OS. The normalized spacial score (nSPS) is 15.8. The molecule has 0 aliphatic heterocycles. The molecule has 0 saturated heterocycles. The first-order valence-corrected chi connectivity index (χ1v) is 7.15. The highest BCUT2D eigenvalue weighted by molar-refractivity contribution is 7.90. The van der Waals surface area contributed by atoms with Crippen molar-refractivity contribution < 1.29 is 4.55 Å². The van der Waals surface area contributed by atoms with Gasteiger partial charge in [0.05, 0.1) is 17.3 Å². The molecule has 0 saturated carbocycles. The summed E-state index contributed by atoms with van der Waals surface area (Å²) in [4.78, 5) is 0. The zero-order valence-corrected chi connectivity index (χ0v) is 12.0. The van der Waals surface area contributed by atoms with Gasteiger partial charge in [0.2, 0.25) is 0 Å². The zero-order chi connectivity index (χ0) is 13.3. The van der Waals surface area contributed by atoms with Crippen LogP contribution in [0.1, 0.15) is 39.4 Å². The minimum atomic E-state index is -1.09. The van der Waals surface area contributed by atoms with Gasteiger partial charge in [-0.05, 0) is 45.9 Å². The molecule has 0 amide bonds. The topological polar surface area (TPSA) is 52.4 Å². The second-order valence-electron chi connectivity index (χ2n) is 5.36. The average molecular weight is 265 g/mol. The maximum atomic E-state index is 12.0. The molecule has 2 aromatic heterocycles. The van der Waals surface area contributed by atoms with Crippen LogP contribution in [-0.2, 0) is 11.4 Å². The summed E-state index contributed by atoms with van der Waals surface area (Å²) in [6, 6.07) is 7.90. The zero-order valence-electron chi connectivity index (χ0n) is 11.2. The Hall–Kier alpha value is -1.04. The summed E-state index contributed by atoms with van der Waals surface area (Å²) < 4.78 is 16.7. The minimum Gasteiger partial charge on any atom is -0.598 e. The number of nitrogens with zero attached hydrogens (tertiary/aromatic N) is 2. The fraction of sp³-hybridized carbons (Fsp3) is 0.462. The van der Waals surface area contributed by atoms with Gasteiger partial charge in [-0.2, -0.15) is 5.10 Å². The summed E-state index contributed by atoms with van der Waals surface area (Å²) in [6.07, 6.45) is 1.91. The second kappa shape index (κ2) is 4.91. The average Bonchev–Trinajstić information content (AvgIpc) is 2.71. The van der Waals surface area contributed by atoms with Crippen LogP contribution in [0.5, 0.6) is 0 Å². The summed E-state index contributed by atoms with van der Waals surface area (Å²) in [7, 11) is 0. The number of fused-ring (bicyclic) bond motifs is 1. The lowest BCUT2D eigenvalue weighted by atomic mass is 10.2. The molecule has 18 heavy (non-hydrogen) atoms. The van der Waals surface area contributed by atoms with Crippen LogP contribution in [0.25, 0.3) is 5.52 Å². The van der Waals surface area contributed by atoms with E-state index in [1.54, 1.807) is 0 Å². The molecule has 0 aromatic carbocycles. The molecule has 0 radical (unpaired) electrons. The Morgan fingerprint density at radius 2 is 2.11 bits per heavy atom. The lowest BCUT2D eigenvalue weighted by molar-refractivity contribution is 0.528. The molecule has 5 heteroatoms. The van der Waals surface area contributed by atoms with Crippen LogP contribution >= 0.6 is 0 Å². The summed E-state index contributed by atoms with van der Waals surface area (Å²) in [5.41, 5.74) is 1.95. The summed E-state index contributed by atoms with van der Waals surface area (Å²) in [5, 5.41) is 4.47. The van der Waals surface area contributed by atoms with E-state index in [0.29, 0.717) is 0 Å². The smallest absolute Gasteiger partial charge is 0.136 e. The highest BCUT2D eigenvalue weighted by Gasteiger charge is 2.28. The monoisotopic (exact) mass is 265 g/mol. The Morgan fingerprint density at radius 1 is 1.39 bits per heavy atom. The van der Waals surface area contributed by atoms with Crippen molar-refractivity contribution in [3.8, 4) is 0 Å². The van der Waals surface area contributed by atoms with Gasteiger partial charge in [0.15, 0.2) is 0 Å². The predicted molar refractivity (Wildman–Crippen MR) is 74.6 cm³/mol. The number of aromatic nitrogens is 2. The highest BCUT2D eigenvalue weighted by Crippen LogP contribution is 2.19. The Bertz CT molecular complexity index is 499. The van der Waals surface area contributed by atoms with E-state index in [-0.39, 0.29) is 10.8 Å². The second-order valence-corrected chi connectivity index (χ2v) is 7.36. The standard InChI is InChI=1S/C13H19N3OS/c1-10(15-18(17)13(2,3)4)12-9-11-7-5-6-8-16(11)14-12/h5-10,15H,1-4H3/t10-,18-/m1/s1. The maximum absolute atomic E-state index is 12.0. The summed E-state index contributed by atoms with van der Waals surface area (Å²) in [5.74, 6) is 0. The van der Waals surface area contributed by atoms with Crippen LogP contribution in [-0.4, -0.2) is 18.9 Å². The molecular weight excluding hydrogens is 246 g/mol. The van der Waals surface area contributed by atoms with Crippen molar-refractivity contribution in [3.05, 3.63) is 36.2 Å². The third-order valence-electron chi connectivity index (χ3n) is 2.67. The molecule has 0 aliphatic carbocycles. The number of hydrogen-bond acceptors (Lipinski definition) is 3. The van der Waals surface area contributed by atoms with Crippen LogP contribution in [0.15, 0.2) is 30.5 Å². The van der Waals surface area contributed by atoms with Gasteiger partial charge in [0, 0.05) is 17.6 Å². The van der Waals surface area contributed by atoms with E-state index >= 15 is 0 Å². The van der Waals surface area contributed by atoms with Crippen molar-refractivity contribution in [1.82, 2.24) is 14.3 Å². The molecule has 0 spiro atoms. The van der Waals surface area contributed by atoms with Crippen molar-refractivity contribution in [1.29, 1.82) is 0 Å². The van der Waals surface area contributed by atoms with Crippen molar-refractivity contribution >= 4 is 16.9 Å². The van der Waals surface area contributed by atoms with Gasteiger partial charge in [-0.1, -0.05) is 6.07 Å². The van der Waals surface area contributed by atoms with Crippen LogP contribution in [0.4, 0.5) is 0 Å². The number of hydrogen-bond donors (Lipinski definition) is 1. The van der Waals surface area contributed by atoms with E-state index in [1.165, 1.54) is 0 Å². The van der Waals surface area contributed by atoms with Gasteiger partial charge in [-0.25, -0.2) is 4.52 Å². The maximum Gasteiger partial charge on any atom is 0.136 e. The van der Waals surface area contributed by atoms with E-state index in [1.807, 2.05) is 62.7 Å². The van der Waals surface area contributed by atoms with E-state index in [0.717, 1.165) is 11.2 Å². The summed E-state index contributed by atoms with van der Waals surface area (Å²) in [6.45, 7) is 7.83. The fourth-order valence-corrected chi connectivity index (χ4v) is 2.36. The van der Waals surface area contributed by atoms with Crippen molar-refractivity contribution in [2.24, 2.45) is 0 Å². The van der Waals surface area contributed by atoms with E-state index in [4.69, 9.17) is 0 Å². The molecule has 98 valence electrons. The SMILES string of the molecule is C[C@@H](N[S@+]([O-])C(C)(C)C)c1cc2ccccn2n1. The predicted octanol–water partition coefficient (Wildman–Crippen LogP) is 2.45. The van der Waals surface area contributed by atoms with Crippen molar-refractivity contribution in [2.45, 2.75) is 38.5 Å². The van der Waals surface area contributed by atoms with Gasteiger partial charge in [-0.3, -0.25) is 0 Å². The summed E-state index contributed by atoms with van der Waals surface area (Å²) >= 11 is -1.09. The molecule has 0 bridgehead atoms. The Kier molecular flexibility index (Phi) is 3.66. The van der Waals surface area contributed by atoms with Gasteiger partial charge in [-0.15, -0.1) is 4.72 Å². The third-order valence-corrected chi connectivity index (χ3v) is 4.35. The number of rotatable bonds is 3. The molecule has 2 rings (SSSR count). The lowest BCUT2D eigenvalue weighted by Gasteiger charge is -2.25. The first-order chi connectivity index (χ1) is 8.38. The van der Waals surface area contributed by atoms with E-state index in [9.17, 15) is 4.55 Å². The Balaban J connectivity index is 2.16. The Labute approximate surface area is 111 Å². The molecule has 2 atom stereocenters. The first-order valence-electron chi connectivity index (χ1n) is 6.00. The number of nitrogens with one attached hydrogen (secondary N) is 1. The largest absolute Gasteiger partial charge is 0.598 e. The van der Waals surface area contributed by atoms with Crippen LogP contribution in [0, 0.1) is 0 Å². The molecule has 2 heterocycles. The molecule has 0 aliphatic rings. The first kappa shape index (κ1) is 13.4. The third kappa shape index (κ3) is 2.85. The molecule has 4 nitrogen and oxygen atoms in total. The van der Waals surface area contributed by atoms with E-state index < -0.39 is 11.4 Å². The van der Waals surface area contributed by atoms with Crippen molar-refractivity contribution in [2.75, 3.05) is 0 Å². The minimum absolute atomic E-state index is 0.0371. The quantitative estimate of drug-likeness (QED) is 0.867. The molecule has 0 fully saturated rings. The number of pyridine rings is 1. The van der Waals surface area contributed by atoms with Crippen LogP contribution in [0.3, 0.4) is 0 Å². The lowest BCUT2D eigenvalue weighted by Crippen LogP contribution is -2.40. The van der Waals surface area contributed by atoms with E-state index in [2.05, 4.69) is 9.82 Å². The van der Waals surface area contributed by atoms with Crippen LogP contribution in [0.2, 0.25) is 0 Å². The van der Waals surface area contributed by atoms with Gasteiger partial charge in [0.1, 0.15) is 4.75 Å². The Morgan fingerprint density at radius 3 is 2.72 bits per heavy atom. The fourth-order valence-electron chi connectivity index (χ4n) is 1.57. The van der Waals surface area contributed by atoms with Gasteiger partial charge >= 0.3 is 0 Å². The highest BCUT2D eigenvalue weighted by atomic mass is 32.2.